The monoisotopic (exact) mass is 155 g/mol. The molecule has 11 heavy (non-hydrogen) atoms. The molecule has 3 aliphatic heterocycles. The molecule has 3 fully saturated rings. The molecule has 0 N–H and O–H groups in total. The zero-order valence-electron chi connectivity index (χ0n) is 7.42. The molecular weight excluding hydrogens is 138 g/mol. The molecular formula is C9H17NO. The maximum Gasteiger partial charge on any atom is 0.0703 e. The normalized spacial score (nSPS) is 38.5. The van der Waals surface area contributed by atoms with Crippen molar-refractivity contribution in [3.05, 3.63) is 0 Å². The number of morpholine rings is 1. The van der Waals surface area contributed by atoms with Crippen molar-refractivity contribution in [1.29, 1.82) is 0 Å². The van der Waals surface area contributed by atoms with E-state index in [9.17, 15) is 0 Å². The number of nitrogens with zero attached hydrogens (tertiary/aromatic N) is 1. The van der Waals surface area contributed by atoms with Gasteiger partial charge < -0.3 is 4.74 Å². The predicted molar refractivity (Wildman–Crippen MR) is 44.6 cm³/mol. The Balaban J connectivity index is 2.03. The SMILES string of the molecule is CC(C)N1CC2CCC1CO2. The molecule has 64 valence electrons. The van der Waals surface area contributed by atoms with Gasteiger partial charge in [0.25, 0.3) is 0 Å². The van der Waals surface area contributed by atoms with E-state index in [0.29, 0.717) is 12.1 Å². The fourth-order valence-corrected chi connectivity index (χ4v) is 2.21. The summed E-state index contributed by atoms with van der Waals surface area (Å²) in [5, 5.41) is 0. The summed E-state index contributed by atoms with van der Waals surface area (Å²) < 4.78 is 5.62. The van der Waals surface area contributed by atoms with Gasteiger partial charge in [0, 0.05) is 18.6 Å². The van der Waals surface area contributed by atoms with Crippen LogP contribution in [0.15, 0.2) is 0 Å². The van der Waals surface area contributed by atoms with Crippen molar-refractivity contribution < 1.29 is 4.74 Å². The largest absolute Gasteiger partial charge is 0.375 e. The third kappa shape index (κ3) is 1.30. The van der Waals surface area contributed by atoms with E-state index >= 15 is 0 Å². The second kappa shape index (κ2) is 2.76. The van der Waals surface area contributed by atoms with Gasteiger partial charge in [0.15, 0.2) is 0 Å². The van der Waals surface area contributed by atoms with Crippen LogP contribution in [-0.4, -0.2) is 36.2 Å². The van der Waals surface area contributed by atoms with Crippen LogP contribution in [0.4, 0.5) is 0 Å². The molecule has 2 nitrogen and oxygen atoms in total. The highest BCUT2D eigenvalue weighted by atomic mass is 16.5. The summed E-state index contributed by atoms with van der Waals surface area (Å²) in [6.45, 7) is 6.70. The number of rotatable bonds is 1. The molecule has 3 aliphatic rings. The van der Waals surface area contributed by atoms with Crippen molar-refractivity contribution in [2.24, 2.45) is 0 Å². The lowest BCUT2D eigenvalue weighted by atomic mass is 9.96. The lowest BCUT2D eigenvalue weighted by molar-refractivity contribution is -0.115. The summed E-state index contributed by atoms with van der Waals surface area (Å²) in [5.74, 6) is 0. The van der Waals surface area contributed by atoms with E-state index in [4.69, 9.17) is 4.74 Å². The van der Waals surface area contributed by atoms with Crippen LogP contribution in [0.3, 0.4) is 0 Å². The minimum Gasteiger partial charge on any atom is -0.375 e. The van der Waals surface area contributed by atoms with E-state index in [-0.39, 0.29) is 0 Å². The van der Waals surface area contributed by atoms with Gasteiger partial charge in [0.05, 0.1) is 12.7 Å². The standard InChI is InChI=1S/C9H17NO/c1-7(2)10-5-9-4-3-8(10)6-11-9/h7-9H,3-6H2,1-2H3. The first-order valence-electron chi connectivity index (χ1n) is 4.64. The molecule has 2 bridgehead atoms. The molecule has 0 aliphatic carbocycles. The number of piperidine rings is 1. The number of hydrogen-bond donors (Lipinski definition) is 0. The fourth-order valence-electron chi connectivity index (χ4n) is 2.21. The van der Waals surface area contributed by atoms with E-state index in [1.807, 2.05) is 0 Å². The molecule has 0 aromatic carbocycles. The molecule has 3 rings (SSSR count). The maximum absolute atomic E-state index is 5.62. The second-order valence-electron chi connectivity index (χ2n) is 3.98. The van der Waals surface area contributed by atoms with Gasteiger partial charge in [-0.25, -0.2) is 0 Å². The predicted octanol–water partition coefficient (Wildman–Crippen LogP) is 1.26. The van der Waals surface area contributed by atoms with Crippen LogP contribution in [0.1, 0.15) is 26.7 Å². The molecule has 3 heterocycles. The smallest absolute Gasteiger partial charge is 0.0703 e. The van der Waals surface area contributed by atoms with Gasteiger partial charge in [-0.05, 0) is 26.7 Å². The molecule has 2 heteroatoms. The van der Waals surface area contributed by atoms with Crippen molar-refractivity contribution in [3.63, 3.8) is 0 Å². The average molecular weight is 155 g/mol. The van der Waals surface area contributed by atoms with Gasteiger partial charge >= 0.3 is 0 Å². The Morgan fingerprint density at radius 2 is 2.18 bits per heavy atom. The number of hydrogen-bond acceptors (Lipinski definition) is 2. The van der Waals surface area contributed by atoms with Crippen LogP contribution in [0.2, 0.25) is 0 Å². The van der Waals surface area contributed by atoms with E-state index in [2.05, 4.69) is 18.7 Å². The highest BCUT2D eigenvalue weighted by molar-refractivity contribution is 4.88. The van der Waals surface area contributed by atoms with Gasteiger partial charge in [0.1, 0.15) is 0 Å². The maximum atomic E-state index is 5.62. The molecule has 0 radical (unpaired) electrons. The topological polar surface area (TPSA) is 12.5 Å². The Morgan fingerprint density at radius 3 is 2.45 bits per heavy atom. The average Bonchev–Trinajstić information content (AvgIpc) is 2.06. The Morgan fingerprint density at radius 1 is 1.36 bits per heavy atom. The first kappa shape index (κ1) is 7.56. The Hall–Kier alpha value is -0.0800. The lowest BCUT2D eigenvalue weighted by Gasteiger charge is -2.47. The third-order valence-corrected chi connectivity index (χ3v) is 2.89. The quantitative estimate of drug-likeness (QED) is 0.565. The third-order valence-electron chi connectivity index (χ3n) is 2.89. The molecule has 2 unspecified atom stereocenters. The number of fused-ring (bicyclic) bond motifs is 3. The van der Waals surface area contributed by atoms with Crippen LogP contribution in [0.5, 0.6) is 0 Å². The van der Waals surface area contributed by atoms with E-state index < -0.39 is 0 Å². The fraction of sp³-hybridized carbons (Fsp3) is 1.00. The van der Waals surface area contributed by atoms with E-state index in [1.165, 1.54) is 19.4 Å². The lowest BCUT2D eigenvalue weighted by Crippen LogP contribution is -2.56. The summed E-state index contributed by atoms with van der Waals surface area (Å²) in [6, 6.07) is 1.42. The molecule has 0 amide bonds. The molecule has 0 saturated carbocycles. The van der Waals surface area contributed by atoms with Crippen molar-refractivity contribution >= 4 is 0 Å². The van der Waals surface area contributed by atoms with Gasteiger partial charge in [-0.3, -0.25) is 4.90 Å². The molecule has 0 aromatic heterocycles. The molecule has 0 spiro atoms. The van der Waals surface area contributed by atoms with Crippen LogP contribution < -0.4 is 0 Å². The van der Waals surface area contributed by atoms with Crippen molar-refractivity contribution in [1.82, 2.24) is 4.90 Å². The summed E-state index contributed by atoms with van der Waals surface area (Å²) >= 11 is 0. The zero-order valence-corrected chi connectivity index (χ0v) is 7.42. The summed E-state index contributed by atoms with van der Waals surface area (Å²) in [7, 11) is 0. The Kier molecular flexibility index (Phi) is 1.90. The highest BCUT2D eigenvalue weighted by Gasteiger charge is 2.35. The van der Waals surface area contributed by atoms with Gasteiger partial charge in [0.2, 0.25) is 0 Å². The van der Waals surface area contributed by atoms with Crippen molar-refractivity contribution in [3.8, 4) is 0 Å². The van der Waals surface area contributed by atoms with E-state index in [0.717, 1.165) is 12.6 Å². The van der Waals surface area contributed by atoms with Crippen LogP contribution in [-0.2, 0) is 4.74 Å². The number of ether oxygens (including phenoxy) is 1. The minimum atomic E-state index is 0.544. The van der Waals surface area contributed by atoms with Gasteiger partial charge in [-0.1, -0.05) is 0 Å². The molecule has 2 atom stereocenters. The van der Waals surface area contributed by atoms with Gasteiger partial charge in [-0.2, -0.15) is 0 Å². The van der Waals surface area contributed by atoms with Crippen molar-refractivity contribution in [2.45, 2.75) is 44.9 Å². The Labute approximate surface area is 68.5 Å². The minimum absolute atomic E-state index is 0.544. The molecule has 3 saturated heterocycles. The molecule has 0 aromatic rings. The Bertz CT molecular complexity index is 138. The second-order valence-corrected chi connectivity index (χ2v) is 3.98. The first-order valence-corrected chi connectivity index (χ1v) is 4.64. The summed E-state index contributed by atoms with van der Waals surface area (Å²) in [5.41, 5.74) is 0. The van der Waals surface area contributed by atoms with Crippen molar-refractivity contribution in [2.75, 3.05) is 13.2 Å². The first-order chi connectivity index (χ1) is 5.27. The van der Waals surface area contributed by atoms with Crippen LogP contribution in [0.25, 0.3) is 0 Å². The highest BCUT2D eigenvalue weighted by Crippen LogP contribution is 2.27. The zero-order chi connectivity index (χ0) is 7.84. The van der Waals surface area contributed by atoms with Crippen LogP contribution in [0, 0.1) is 0 Å². The summed E-state index contributed by atoms with van der Waals surface area (Å²) in [6.07, 6.45) is 3.18. The van der Waals surface area contributed by atoms with Gasteiger partial charge in [-0.15, -0.1) is 0 Å². The van der Waals surface area contributed by atoms with Crippen LogP contribution >= 0.6 is 0 Å². The van der Waals surface area contributed by atoms with E-state index in [1.54, 1.807) is 0 Å². The summed E-state index contributed by atoms with van der Waals surface area (Å²) in [4.78, 5) is 2.58.